The molecule has 0 spiro atoms. The van der Waals surface area contributed by atoms with Gasteiger partial charge in [-0.1, -0.05) is 0 Å². The second kappa shape index (κ2) is 7.94. The van der Waals surface area contributed by atoms with Crippen molar-refractivity contribution in [3.8, 4) is 17.3 Å². The minimum atomic E-state index is -0.331. The molecule has 0 aliphatic carbocycles. The fourth-order valence-electron chi connectivity index (χ4n) is 4.12. The molecule has 1 amide bonds. The SMILES string of the molecule is Cc1nc(-c2c(C)c(C#N)c3nc(C(=O)N(C)C)oc3c2N2CC[C@H](N(C)C)C2)cs1. The molecule has 0 N–H and O–H groups in total. The van der Waals surface area contributed by atoms with E-state index in [1.807, 2.05) is 19.2 Å². The number of hydrogen-bond donors (Lipinski definition) is 0. The summed E-state index contributed by atoms with van der Waals surface area (Å²) in [4.78, 5) is 27.7. The third kappa shape index (κ3) is 3.56. The number of fused-ring (bicyclic) bond motifs is 1. The Kier molecular flexibility index (Phi) is 5.45. The molecule has 1 aromatic carbocycles. The van der Waals surface area contributed by atoms with Crippen LogP contribution in [-0.2, 0) is 0 Å². The number of oxazole rings is 1. The van der Waals surface area contributed by atoms with Crippen LogP contribution in [-0.4, -0.2) is 73.0 Å². The van der Waals surface area contributed by atoms with Gasteiger partial charge in [-0.25, -0.2) is 9.97 Å². The monoisotopic (exact) mass is 438 g/mol. The lowest BCUT2D eigenvalue weighted by molar-refractivity contribution is 0.0791. The van der Waals surface area contributed by atoms with Gasteiger partial charge in [-0.2, -0.15) is 5.26 Å². The first-order valence-electron chi connectivity index (χ1n) is 10.2. The van der Waals surface area contributed by atoms with Crippen molar-refractivity contribution in [2.24, 2.45) is 0 Å². The largest absolute Gasteiger partial charge is 0.430 e. The fraction of sp³-hybridized carbons (Fsp3) is 0.455. The highest BCUT2D eigenvalue weighted by Gasteiger charge is 2.33. The van der Waals surface area contributed by atoms with Crippen LogP contribution in [0.3, 0.4) is 0 Å². The summed E-state index contributed by atoms with van der Waals surface area (Å²) < 4.78 is 6.06. The van der Waals surface area contributed by atoms with E-state index in [2.05, 4.69) is 34.9 Å². The van der Waals surface area contributed by atoms with Gasteiger partial charge in [0.25, 0.3) is 5.89 Å². The molecule has 31 heavy (non-hydrogen) atoms. The Bertz CT molecular complexity index is 1200. The number of hydrogen-bond acceptors (Lipinski definition) is 8. The highest BCUT2D eigenvalue weighted by atomic mass is 32.1. The molecule has 8 nitrogen and oxygen atoms in total. The van der Waals surface area contributed by atoms with Gasteiger partial charge in [-0.15, -0.1) is 11.3 Å². The first-order valence-corrected chi connectivity index (χ1v) is 11.0. The van der Waals surface area contributed by atoms with Crippen LogP contribution < -0.4 is 4.90 Å². The van der Waals surface area contributed by atoms with E-state index in [-0.39, 0.29) is 11.8 Å². The molecule has 0 unspecified atom stereocenters. The predicted octanol–water partition coefficient (Wildman–Crippen LogP) is 3.28. The van der Waals surface area contributed by atoms with Crippen molar-refractivity contribution in [1.29, 1.82) is 5.26 Å². The van der Waals surface area contributed by atoms with Crippen molar-refractivity contribution >= 4 is 34.0 Å². The maximum Gasteiger partial charge on any atom is 0.309 e. The number of anilines is 1. The molecule has 162 valence electrons. The van der Waals surface area contributed by atoms with Crippen molar-refractivity contribution in [3.63, 3.8) is 0 Å². The van der Waals surface area contributed by atoms with E-state index >= 15 is 0 Å². The third-order valence-electron chi connectivity index (χ3n) is 5.85. The smallest absolute Gasteiger partial charge is 0.309 e. The number of nitriles is 1. The summed E-state index contributed by atoms with van der Waals surface area (Å²) >= 11 is 1.57. The summed E-state index contributed by atoms with van der Waals surface area (Å²) in [6.45, 7) is 5.55. The molecule has 2 aromatic heterocycles. The highest BCUT2D eigenvalue weighted by molar-refractivity contribution is 7.09. The number of rotatable bonds is 4. The summed E-state index contributed by atoms with van der Waals surface area (Å²) in [5.74, 6) is -0.338. The standard InChI is InChI=1S/C22H26N6O2S/c1-12-15(9-23)18-20(30-21(25-18)22(29)27(5)6)19(17(12)16-11-31-13(2)24-16)28-8-7-14(10-28)26(3)4/h11,14H,7-8,10H2,1-6H3/t14-/m0/s1. The van der Waals surface area contributed by atoms with E-state index in [0.717, 1.165) is 47.0 Å². The first kappa shape index (κ1) is 21.3. The molecule has 4 rings (SSSR count). The lowest BCUT2D eigenvalue weighted by Crippen LogP contribution is -2.31. The fourth-order valence-corrected chi connectivity index (χ4v) is 4.73. The molecule has 1 atom stereocenters. The molecule has 0 radical (unpaired) electrons. The average molecular weight is 439 g/mol. The number of likely N-dealkylation sites (N-methyl/N-ethyl adjacent to an activating group) is 1. The Hall–Kier alpha value is -2.96. The van der Waals surface area contributed by atoms with E-state index in [1.54, 1.807) is 25.4 Å². The van der Waals surface area contributed by atoms with Crippen LogP contribution in [0.5, 0.6) is 0 Å². The van der Waals surface area contributed by atoms with Crippen molar-refractivity contribution < 1.29 is 9.21 Å². The zero-order valence-corrected chi connectivity index (χ0v) is 19.5. The quantitative estimate of drug-likeness (QED) is 0.617. The Balaban J connectivity index is 2.03. The Morgan fingerprint density at radius 2 is 2.03 bits per heavy atom. The molecule has 3 heterocycles. The summed E-state index contributed by atoms with van der Waals surface area (Å²) in [5.41, 5.74) is 4.71. The third-order valence-corrected chi connectivity index (χ3v) is 6.63. The summed E-state index contributed by atoms with van der Waals surface area (Å²) in [5, 5.41) is 12.9. The molecule has 1 saturated heterocycles. The minimum Gasteiger partial charge on any atom is -0.430 e. The molecule has 3 aromatic rings. The van der Waals surface area contributed by atoms with Gasteiger partial charge in [0.05, 0.1) is 22.0 Å². The van der Waals surface area contributed by atoms with Gasteiger partial charge in [0.15, 0.2) is 5.58 Å². The number of thiazole rings is 1. The lowest BCUT2D eigenvalue weighted by Gasteiger charge is -2.25. The van der Waals surface area contributed by atoms with E-state index in [1.165, 1.54) is 4.90 Å². The van der Waals surface area contributed by atoms with Gasteiger partial charge < -0.3 is 19.1 Å². The second-order valence-corrected chi connectivity index (χ2v) is 9.40. The molecule has 9 heteroatoms. The molecule has 0 bridgehead atoms. The van der Waals surface area contributed by atoms with Gasteiger partial charge in [-0.3, -0.25) is 4.79 Å². The zero-order valence-electron chi connectivity index (χ0n) is 18.7. The van der Waals surface area contributed by atoms with Crippen LogP contribution in [0.15, 0.2) is 9.80 Å². The second-order valence-electron chi connectivity index (χ2n) is 8.34. The van der Waals surface area contributed by atoms with Gasteiger partial charge in [0.2, 0.25) is 0 Å². The van der Waals surface area contributed by atoms with E-state index in [9.17, 15) is 10.1 Å². The maximum absolute atomic E-state index is 12.6. The van der Waals surface area contributed by atoms with Gasteiger partial charge >= 0.3 is 5.91 Å². The molecule has 1 aliphatic rings. The Labute approximate surface area is 185 Å². The van der Waals surface area contributed by atoms with Crippen molar-refractivity contribution in [1.82, 2.24) is 19.8 Å². The summed E-state index contributed by atoms with van der Waals surface area (Å²) in [6.07, 6.45) is 1.01. The van der Waals surface area contributed by atoms with Crippen LogP contribution in [0.1, 0.15) is 33.2 Å². The highest BCUT2D eigenvalue weighted by Crippen LogP contribution is 2.44. The van der Waals surface area contributed by atoms with Crippen LogP contribution in [0.25, 0.3) is 22.4 Å². The minimum absolute atomic E-state index is 0.00730. The molecule has 1 fully saturated rings. The van der Waals surface area contributed by atoms with E-state index < -0.39 is 0 Å². The normalized spacial score (nSPS) is 16.3. The zero-order chi connectivity index (χ0) is 22.4. The Morgan fingerprint density at radius 1 is 1.29 bits per heavy atom. The predicted molar refractivity (Wildman–Crippen MR) is 122 cm³/mol. The number of benzene rings is 1. The van der Waals surface area contributed by atoms with Gasteiger partial charge in [0.1, 0.15) is 11.6 Å². The summed E-state index contributed by atoms with van der Waals surface area (Å²) in [6, 6.07) is 2.69. The lowest BCUT2D eigenvalue weighted by atomic mass is 9.96. The number of carbonyl (C=O) groups is 1. The van der Waals surface area contributed by atoms with Crippen LogP contribution >= 0.6 is 11.3 Å². The maximum atomic E-state index is 12.6. The van der Waals surface area contributed by atoms with Crippen LogP contribution in [0.2, 0.25) is 0 Å². The number of aryl methyl sites for hydroxylation is 1. The Morgan fingerprint density at radius 3 is 2.58 bits per heavy atom. The van der Waals surface area contributed by atoms with Crippen molar-refractivity contribution in [2.45, 2.75) is 26.3 Å². The van der Waals surface area contributed by atoms with Crippen LogP contribution in [0.4, 0.5) is 5.69 Å². The molecule has 1 aliphatic heterocycles. The number of carbonyl (C=O) groups excluding carboxylic acids is 1. The van der Waals surface area contributed by atoms with Gasteiger partial charge in [0, 0.05) is 44.2 Å². The van der Waals surface area contributed by atoms with E-state index in [0.29, 0.717) is 22.7 Å². The van der Waals surface area contributed by atoms with Crippen molar-refractivity contribution in [3.05, 3.63) is 27.4 Å². The van der Waals surface area contributed by atoms with Crippen molar-refractivity contribution in [2.75, 3.05) is 46.2 Å². The molecule has 0 saturated carbocycles. The average Bonchev–Trinajstić information content (AvgIpc) is 3.45. The van der Waals surface area contributed by atoms with Crippen LogP contribution in [0, 0.1) is 25.2 Å². The van der Waals surface area contributed by atoms with E-state index in [4.69, 9.17) is 9.40 Å². The summed E-state index contributed by atoms with van der Waals surface area (Å²) in [7, 11) is 7.47. The first-order chi connectivity index (χ1) is 14.7. The number of aromatic nitrogens is 2. The number of nitrogens with zero attached hydrogens (tertiary/aromatic N) is 6. The molecular formula is C22H26N6O2S. The van der Waals surface area contributed by atoms with Gasteiger partial charge in [-0.05, 0) is 39.9 Å². The molecular weight excluding hydrogens is 412 g/mol. The topological polar surface area (TPSA) is 89.5 Å². The number of amides is 1.